The lowest BCUT2D eigenvalue weighted by Gasteiger charge is -2.46. The average Bonchev–Trinajstić information content (AvgIpc) is 0.733. The SMILES string of the molecule is C=C=C=C=C=C=C=C=C=C=C=C=C=C=C=C=C=C=C=C=C=C=C=C.CCc1cc(I)c(O)c2c1C[C@H]1C[C@H]3CC(=O)C(C(N)=O)=C(O)[C@@]3(O)C(=O)C1=C2O.CCc1ccc(O)c2c1C[C@H]1C[C@H]3CC(=O)C(C(N)=O)=C(O)[C@@]3(O)C(=O)C1=C2O.O=C1CCC(=O)N1I.[B]B([B])B([B])B(B([B])[B])B(B(B([B])[B])B([B])[B])B(B([B])[B])B([B])[B].[B][B]B([B])B(B([B])[B])B(B(B([B])[B])B([B])[B])B(B([B])[B])B([B])[B]. The molecule has 595 valence electrons. The van der Waals surface area contributed by atoms with Crippen molar-refractivity contribution in [3.8, 4) is 11.5 Å². The molecular weight excluding hydrogens is 1900 g/mol. The van der Waals surface area contributed by atoms with Gasteiger partial charge in [0.25, 0.3) is 11.8 Å². The number of fused-ring (bicyclic) bond motifs is 6. The molecule has 2 saturated carbocycles. The van der Waals surface area contributed by atoms with Gasteiger partial charge >= 0.3 is 0 Å². The first kappa shape index (κ1) is 123. The number of phenolic OH excluding ortho intramolecular Hbond substituents is 2. The molecule has 0 spiro atoms. The molecule has 1 saturated heterocycles. The zero-order valence-corrected chi connectivity index (χ0v) is 79.7. The van der Waals surface area contributed by atoms with Crippen molar-refractivity contribution in [3.63, 3.8) is 0 Å². The Balaban J connectivity index is 0.000000354. The molecule has 68 heteroatoms. The lowest BCUT2D eigenvalue weighted by molar-refractivity contribution is -0.149. The Bertz CT molecular complexity index is 5880. The van der Waals surface area contributed by atoms with Gasteiger partial charge in [0, 0.05) is 406 Å². The van der Waals surface area contributed by atoms with Crippen LogP contribution in [0.3, 0.4) is 0 Å². The van der Waals surface area contributed by atoms with Crippen LogP contribution in [0, 0.1) is 27.2 Å². The van der Waals surface area contributed by atoms with E-state index in [-0.39, 0.29) is 71.3 Å². The molecule has 3 fully saturated rings. The van der Waals surface area contributed by atoms with Crippen molar-refractivity contribution in [1.82, 2.24) is 3.11 Å². The predicted molar refractivity (Wildman–Crippen MR) is 608 cm³/mol. The molecule has 1 heterocycles. The number of aliphatic hydroxyl groups excluding tert-OH is 4. The highest BCUT2D eigenvalue weighted by Crippen LogP contribution is 2.55. The van der Waals surface area contributed by atoms with Crippen molar-refractivity contribution >= 4 is 438 Å². The van der Waals surface area contributed by atoms with Gasteiger partial charge in [0.2, 0.25) is 23.4 Å². The normalized spacial score (nSPS) is 17.2. The van der Waals surface area contributed by atoms with Crippen molar-refractivity contribution in [2.45, 2.75) is 89.3 Å². The fraction of sp³-hybridized carbons (Fsp3) is 0.257. The summed E-state index contributed by atoms with van der Waals surface area (Å²) in [5, 5.41) is 86.0. The van der Waals surface area contributed by atoms with Gasteiger partial charge in [-0.25, -0.2) is 3.11 Å². The molecule has 138 heavy (non-hydrogen) atoms. The van der Waals surface area contributed by atoms with Crippen molar-refractivity contribution in [2.75, 3.05) is 0 Å². The Labute approximate surface area is 876 Å². The Morgan fingerprint density at radius 3 is 0.986 bits per heavy atom. The molecule has 7 aliphatic rings. The number of nitrogens with zero attached hydrogens (tertiary/aromatic N) is 1. The van der Waals surface area contributed by atoms with E-state index in [1.54, 1.807) is 28.9 Å². The maximum atomic E-state index is 13.4. The third-order valence-electron chi connectivity index (χ3n) is 23.9. The second-order valence-electron chi connectivity index (χ2n) is 32.6. The van der Waals surface area contributed by atoms with E-state index >= 15 is 0 Å². The zero-order valence-electron chi connectivity index (χ0n) is 75.4. The molecule has 0 unspecified atom stereocenters. The molecule has 4 amide bonds. The van der Waals surface area contributed by atoms with E-state index < -0.39 is 238 Å². The average molecular weight is 1950 g/mol. The number of aromatic hydroxyl groups is 2. The van der Waals surface area contributed by atoms with Gasteiger partial charge in [0.1, 0.15) is 45.7 Å². The first-order valence-corrected chi connectivity index (χ1v) is 44.2. The van der Waals surface area contributed by atoms with E-state index in [4.69, 9.17) is 205 Å². The molecule has 1 aliphatic heterocycles. The van der Waals surface area contributed by atoms with Crippen LogP contribution in [-0.2, 0) is 64.0 Å². The number of ketones is 4. The second-order valence-corrected chi connectivity index (χ2v) is 34.7. The summed E-state index contributed by atoms with van der Waals surface area (Å²) in [4.78, 5) is 95.4. The molecule has 0 bridgehead atoms. The molecule has 12 N–H and O–H groups in total. The van der Waals surface area contributed by atoms with Crippen LogP contribution in [0.2, 0.25) is 0 Å². The van der Waals surface area contributed by atoms with E-state index in [1.165, 1.54) is 13.1 Å². The number of primary amides is 2. The number of amides is 4. The number of benzene rings is 2. The number of carbonyl (C=O) groups excluding carboxylic acids is 8. The number of hydrogen-bond acceptors (Lipinski definition) is 16. The van der Waals surface area contributed by atoms with E-state index in [0.717, 1.165) is 25.4 Å². The van der Waals surface area contributed by atoms with Crippen molar-refractivity contribution in [3.05, 3.63) is 228 Å². The number of rotatable bonds is 24. The number of aliphatic hydroxyl groups is 6. The number of carbonyl (C=O) groups is 8. The van der Waals surface area contributed by atoms with Crippen molar-refractivity contribution < 1.29 is 79.2 Å². The highest BCUT2D eigenvalue weighted by molar-refractivity contribution is 14.1. The van der Waals surface area contributed by atoms with Crippen molar-refractivity contribution in [2.24, 2.45) is 35.1 Å². The standard InChI is InChI=1S/C24H4.C21H20INO7.C21H21NO7.C4H4INO2.B24.B23/c1-3-5-7-9-11-13-15-17-19-21-23-24-22-20-18-16-14-12-10-8-6-4-2;1-2-7-5-11(22)16(25)14-10(7)4-8-3-9-6-12(24)15(20(23)29)19(28)21(9,30)18(27)13(8)17(14)26;1-2-8-3-4-12(23)15-11(8)6-9-5-10-7-13(24)16(20(22)28)19(27)21(10,29)18(26)14(9)17(15)25;5-6-3(7)1-2-4(6)8;1-14(2)20(13)23(19(11)12)24(21(15(3)4)16(5)6)22(17(7)8)18(9)10;1-13-19(12)22(18(10)11)23(20(14(2)3)15(4)5)21(16(6)7)17(8)9/h1-2H2;5,8-9,25-26,28,30H,2-4,6H2,1H3,(H2,23,29);3-4,9-10,23,25,27,29H,2,5-7H2,1H3,(H2,22,28);1-2H2;;/t;8-,9+,21+;9-,10+,21+;;;/m.11.../s1. The van der Waals surface area contributed by atoms with Gasteiger partial charge in [-0.3, -0.25) is 38.4 Å². The Morgan fingerprint density at radius 1 is 0.435 bits per heavy atom. The summed E-state index contributed by atoms with van der Waals surface area (Å²) in [5.74, 6) is -12.3. The molecule has 6 aliphatic carbocycles. The molecule has 9 rings (SSSR count). The first-order chi connectivity index (χ1) is 64.6. The van der Waals surface area contributed by atoms with Crippen LogP contribution in [0.5, 0.6) is 11.5 Å². The molecule has 6 atom stereocenters. The van der Waals surface area contributed by atoms with Gasteiger partial charge < -0.3 is 52.3 Å². The third-order valence-corrected chi connectivity index (χ3v) is 25.8. The zero-order chi connectivity index (χ0) is 105. The number of hydrogen-bond donors (Lipinski definition) is 10. The molecule has 0 aromatic heterocycles. The van der Waals surface area contributed by atoms with Crippen LogP contribution >= 0.6 is 45.5 Å². The largest absolute Gasteiger partial charge is 0.508 e. The monoisotopic (exact) mass is 1960 g/mol. The van der Waals surface area contributed by atoms with E-state index in [1.807, 2.05) is 42.5 Å². The van der Waals surface area contributed by atoms with Crippen molar-refractivity contribution in [1.29, 1.82) is 0 Å². The summed E-state index contributed by atoms with van der Waals surface area (Å²) in [7, 11) is 148. The number of halogens is 2. The summed E-state index contributed by atoms with van der Waals surface area (Å²) < 4.78 is 1.65. The number of Topliss-reactive ketones (excluding diaryl/α,β-unsaturated/α-hetero) is 4. The summed E-state index contributed by atoms with van der Waals surface area (Å²) in [5.41, 5.74) is 61.4. The second kappa shape index (κ2) is 57.0. The Morgan fingerprint density at radius 2 is 0.725 bits per heavy atom. The quantitative estimate of drug-likeness (QED) is 0.0117. The van der Waals surface area contributed by atoms with Gasteiger partial charge in [-0.05, 0) is 212 Å². The minimum Gasteiger partial charge on any atom is -0.508 e. The van der Waals surface area contributed by atoms with Crippen LogP contribution in [0.25, 0.3) is 11.5 Å². The molecule has 51 radical (unpaired) electrons. The smallest absolute Gasteiger partial charge is 0.255 e. The van der Waals surface area contributed by atoms with E-state index in [0.29, 0.717) is 42.1 Å². The number of imide groups is 1. The first-order valence-electron chi connectivity index (χ1n) is 42.2. The fourth-order valence-electron chi connectivity index (χ4n) is 17.8. The van der Waals surface area contributed by atoms with Crippen LogP contribution in [0.1, 0.15) is 85.8 Å². The van der Waals surface area contributed by atoms with E-state index in [2.05, 4.69) is 139 Å². The summed E-state index contributed by atoms with van der Waals surface area (Å²) in [6.45, 7) is 10.5. The predicted octanol–water partition coefficient (Wildman–Crippen LogP) is -10.6. The topological polar surface area (TPSA) is 354 Å². The van der Waals surface area contributed by atoms with E-state index in [9.17, 15) is 79.2 Å². The molecule has 2 aromatic rings. The van der Waals surface area contributed by atoms with Gasteiger partial charge in [-0.1, -0.05) is 31.4 Å². The number of phenols is 2. The highest BCUT2D eigenvalue weighted by Gasteiger charge is 2.63. The van der Waals surface area contributed by atoms with Crippen LogP contribution in [-0.4, -0.2) is 437 Å². The fourth-order valence-corrected chi connectivity index (χ4v) is 18.9. The molecular formula is C70H49B47I2N3O16. The minimum atomic E-state index is -2.53. The van der Waals surface area contributed by atoms with Crippen LogP contribution < -0.4 is 11.5 Å². The van der Waals surface area contributed by atoms with Crippen LogP contribution in [0.4, 0.5) is 0 Å². The Hall–Kier alpha value is -7.71. The maximum absolute atomic E-state index is 13.4. The summed E-state index contributed by atoms with van der Waals surface area (Å²) in [6, 6.07) is 5.01. The summed E-state index contributed by atoms with van der Waals surface area (Å²) in [6.07, 6.45) is -15.2. The van der Waals surface area contributed by atoms with Crippen LogP contribution in [0.15, 0.2) is 191 Å². The van der Waals surface area contributed by atoms with Gasteiger partial charge in [-0.2, -0.15) is 0 Å². The van der Waals surface area contributed by atoms with Gasteiger partial charge in [0.05, 0.1) is 37.6 Å². The lowest BCUT2D eigenvalue weighted by Crippen LogP contribution is -2.84. The third kappa shape index (κ3) is 30.4. The molecule has 2 aromatic carbocycles. The molecule has 19 nitrogen and oxygen atoms in total. The summed E-state index contributed by atoms with van der Waals surface area (Å²) >= 11 is 3.65. The lowest BCUT2D eigenvalue weighted by atomic mass is 8.35. The number of aryl methyl sites for hydroxylation is 2. The maximum Gasteiger partial charge on any atom is 0.255 e. The minimum absolute atomic E-state index is 0.0735. The van der Waals surface area contributed by atoms with Gasteiger partial charge in [-0.15, -0.1) is 0 Å². The Kier molecular flexibility index (Phi) is 50.6. The van der Waals surface area contributed by atoms with Gasteiger partial charge in [0.15, 0.2) is 22.8 Å². The number of nitrogens with two attached hydrogens (primary N) is 2. The highest BCUT2D eigenvalue weighted by atomic mass is 127.